The lowest BCUT2D eigenvalue weighted by Crippen LogP contribution is -2.39. The van der Waals surface area contributed by atoms with Crippen molar-refractivity contribution in [2.45, 2.75) is 31.1 Å². The molecule has 5 atom stereocenters. The monoisotopic (exact) mass is 433 g/mol. The van der Waals surface area contributed by atoms with Gasteiger partial charge in [0.15, 0.2) is 23.2 Å². The maximum atomic E-state index is 11.7. The summed E-state index contributed by atoms with van der Waals surface area (Å²) in [6, 6.07) is 9.97. The highest BCUT2D eigenvalue weighted by molar-refractivity contribution is 7.47. The number of imidazole rings is 1. The third-order valence-corrected chi connectivity index (χ3v) is 6.19. The summed E-state index contributed by atoms with van der Waals surface area (Å²) in [5.41, 5.74) is 2.14. The quantitative estimate of drug-likeness (QED) is 0.579. The number of rotatable bonds is 4. The lowest BCUT2D eigenvalue weighted by molar-refractivity contribution is -0.0664. The van der Waals surface area contributed by atoms with Gasteiger partial charge in [0, 0.05) is 13.6 Å². The van der Waals surface area contributed by atoms with Gasteiger partial charge in [0.25, 0.3) is 0 Å². The number of fused-ring (bicyclic) bond motifs is 2. The molecule has 0 radical (unpaired) electrons. The van der Waals surface area contributed by atoms with Gasteiger partial charge in [-0.2, -0.15) is 0 Å². The fraction of sp³-hybridized carbons (Fsp3) is 0.389. The summed E-state index contributed by atoms with van der Waals surface area (Å²) in [6.45, 7) is 0.474. The molecule has 4 heterocycles. The first-order valence-electron chi connectivity index (χ1n) is 9.35. The van der Waals surface area contributed by atoms with Crippen molar-refractivity contribution >= 4 is 24.8 Å². The van der Waals surface area contributed by atoms with Crippen molar-refractivity contribution < 1.29 is 28.3 Å². The van der Waals surface area contributed by atoms with Crippen molar-refractivity contribution in [1.82, 2.24) is 19.5 Å². The van der Waals surface area contributed by atoms with E-state index in [4.69, 9.17) is 13.8 Å². The van der Waals surface area contributed by atoms with Gasteiger partial charge in [-0.25, -0.2) is 19.5 Å². The Labute approximate surface area is 171 Å². The van der Waals surface area contributed by atoms with Gasteiger partial charge in [0.1, 0.15) is 24.6 Å². The van der Waals surface area contributed by atoms with E-state index in [0.717, 1.165) is 5.56 Å². The SMILES string of the molecule is CN(Cc1ccccc1)c1ncnc2c1ncn2[C@@H]1O[C@@H]2COP(=O)(O)O[C@H]2[C@H]1O. The molecule has 2 aromatic heterocycles. The van der Waals surface area contributed by atoms with Crippen molar-refractivity contribution in [3.05, 3.63) is 48.5 Å². The van der Waals surface area contributed by atoms with Crippen LogP contribution < -0.4 is 4.90 Å². The van der Waals surface area contributed by atoms with Crippen LogP contribution in [0.15, 0.2) is 43.0 Å². The number of phosphoric ester groups is 1. The molecule has 1 unspecified atom stereocenters. The van der Waals surface area contributed by atoms with Crippen LogP contribution in [0.1, 0.15) is 11.8 Å². The number of aliphatic hydroxyl groups is 1. The van der Waals surface area contributed by atoms with Crippen molar-refractivity contribution in [1.29, 1.82) is 0 Å². The average molecular weight is 433 g/mol. The van der Waals surface area contributed by atoms with Crippen LogP contribution in [0.3, 0.4) is 0 Å². The Hall–Kier alpha value is -2.40. The van der Waals surface area contributed by atoms with E-state index in [1.807, 2.05) is 42.3 Å². The van der Waals surface area contributed by atoms with Crippen LogP contribution in [-0.2, 0) is 24.9 Å². The highest BCUT2D eigenvalue weighted by Gasteiger charge is 2.52. The number of anilines is 1. The molecule has 2 aliphatic rings. The minimum Gasteiger partial charge on any atom is -0.386 e. The molecule has 0 aliphatic carbocycles. The van der Waals surface area contributed by atoms with Gasteiger partial charge >= 0.3 is 7.82 Å². The van der Waals surface area contributed by atoms with Crippen LogP contribution >= 0.6 is 7.82 Å². The first-order chi connectivity index (χ1) is 14.4. The molecule has 158 valence electrons. The zero-order valence-electron chi connectivity index (χ0n) is 16.0. The predicted molar refractivity (Wildman–Crippen MR) is 104 cm³/mol. The van der Waals surface area contributed by atoms with Crippen LogP contribution in [0.2, 0.25) is 0 Å². The van der Waals surface area contributed by atoms with Crippen molar-refractivity contribution in [3.63, 3.8) is 0 Å². The Balaban J connectivity index is 1.45. The fourth-order valence-corrected chi connectivity index (χ4v) is 4.77. The summed E-state index contributed by atoms with van der Waals surface area (Å²) in [6.07, 6.45) is -0.833. The molecule has 11 nitrogen and oxygen atoms in total. The Morgan fingerprint density at radius 3 is 2.87 bits per heavy atom. The molecular weight excluding hydrogens is 413 g/mol. The number of aliphatic hydroxyl groups excluding tert-OH is 1. The van der Waals surface area contributed by atoms with E-state index in [-0.39, 0.29) is 6.61 Å². The van der Waals surface area contributed by atoms with E-state index in [1.165, 1.54) is 12.7 Å². The van der Waals surface area contributed by atoms with Gasteiger partial charge in [-0.3, -0.25) is 13.6 Å². The summed E-state index contributed by atoms with van der Waals surface area (Å²) in [5.74, 6) is 0.631. The highest BCUT2D eigenvalue weighted by atomic mass is 31.2. The zero-order valence-corrected chi connectivity index (χ0v) is 16.9. The van der Waals surface area contributed by atoms with Gasteiger partial charge in [-0.05, 0) is 5.56 Å². The Morgan fingerprint density at radius 1 is 1.27 bits per heavy atom. The predicted octanol–water partition coefficient (Wildman–Crippen LogP) is 1.24. The molecule has 3 aromatic rings. The minimum atomic E-state index is -4.20. The van der Waals surface area contributed by atoms with Gasteiger partial charge in [0.2, 0.25) is 0 Å². The number of ether oxygens (including phenoxy) is 1. The number of nitrogens with zero attached hydrogens (tertiary/aromatic N) is 5. The van der Waals surface area contributed by atoms with Crippen molar-refractivity contribution in [2.75, 3.05) is 18.6 Å². The number of aromatic nitrogens is 4. The van der Waals surface area contributed by atoms with Crippen LogP contribution in [0.4, 0.5) is 5.82 Å². The Kier molecular flexibility index (Phi) is 4.81. The largest absolute Gasteiger partial charge is 0.472 e. The molecular formula is C18H20N5O6P. The van der Waals surface area contributed by atoms with Crippen LogP contribution in [0, 0.1) is 0 Å². The molecule has 2 fully saturated rings. The first kappa shape index (κ1) is 19.6. The van der Waals surface area contributed by atoms with E-state index in [9.17, 15) is 14.6 Å². The summed E-state index contributed by atoms with van der Waals surface area (Å²) in [5, 5.41) is 10.7. The Bertz CT molecular complexity index is 1110. The standard InChI is InChI=1S/C18H20N5O6P/c1-22(7-11-5-3-2-4-6-11)16-13-17(20-9-19-16)23(10-21-13)18-14(24)15-12(28-18)8-27-30(25,26)29-15/h2-6,9-10,12,14-15,18,24H,7-8H2,1H3,(H,25,26)/t12-,14-,15-,18-/m1/s1. The second-order valence-electron chi connectivity index (χ2n) is 7.25. The topological polar surface area (TPSA) is 132 Å². The third-order valence-electron chi connectivity index (χ3n) is 5.20. The normalized spacial score (nSPS) is 31.0. The summed E-state index contributed by atoms with van der Waals surface area (Å²) in [4.78, 5) is 24.6. The van der Waals surface area contributed by atoms with Crippen molar-refractivity contribution in [3.8, 4) is 0 Å². The second kappa shape index (κ2) is 7.38. The maximum Gasteiger partial charge on any atom is 0.472 e. The molecule has 2 N–H and O–H groups in total. The average Bonchev–Trinajstić information content (AvgIpc) is 3.29. The Morgan fingerprint density at radius 2 is 2.07 bits per heavy atom. The smallest absolute Gasteiger partial charge is 0.386 e. The van der Waals surface area contributed by atoms with Crippen molar-refractivity contribution in [2.24, 2.45) is 0 Å². The summed E-state index contributed by atoms with van der Waals surface area (Å²) < 4.78 is 28.9. The van der Waals surface area contributed by atoms with E-state index in [1.54, 1.807) is 4.57 Å². The molecule has 5 rings (SSSR count). The zero-order chi connectivity index (χ0) is 20.9. The van der Waals surface area contributed by atoms with Crippen LogP contribution in [0.5, 0.6) is 0 Å². The lowest BCUT2D eigenvalue weighted by Gasteiger charge is -2.27. The molecule has 2 saturated heterocycles. The lowest BCUT2D eigenvalue weighted by atomic mass is 10.1. The molecule has 0 saturated carbocycles. The number of benzene rings is 1. The van der Waals surface area contributed by atoms with Crippen LogP contribution in [-0.4, -0.2) is 61.5 Å². The summed E-state index contributed by atoms with van der Waals surface area (Å²) in [7, 11) is -2.29. The fourth-order valence-electron chi connectivity index (χ4n) is 3.80. The van der Waals surface area contributed by atoms with Gasteiger partial charge in [0.05, 0.1) is 12.9 Å². The molecule has 1 aromatic carbocycles. The molecule has 0 bridgehead atoms. The van der Waals surface area contributed by atoms with Gasteiger partial charge in [-0.15, -0.1) is 0 Å². The molecule has 0 amide bonds. The molecule has 30 heavy (non-hydrogen) atoms. The minimum absolute atomic E-state index is 0.154. The number of hydrogen-bond acceptors (Lipinski definition) is 9. The van der Waals surface area contributed by atoms with E-state index in [0.29, 0.717) is 23.5 Å². The number of phosphoric acid groups is 1. The molecule has 2 aliphatic heterocycles. The highest BCUT2D eigenvalue weighted by Crippen LogP contribution is 2.52. The number of hydrogen-bond donors (Lipinski definition) is 2. The molecule has 12 heteroatoms. The second-order valence-corrected chi connectivity index (χ2v) is 8.66. The summed E-state index contributed by atoms with van der Waals surface area (Å²) >= 11 is 0. The molecule has 0 spiro atoms. The third kappa shape index (κ3) is 3.39. The van der Waals surface area contributed by atoms with Crippen LogP contribution in [0.25, 0.3) is 11.2 Å². The van der Waals surface area contributed by atoms with E-state index >= 15 is 0 Å². The van der Waals surface area contributed by atoms with Gasteiger partial charge < -0.3 is 19.6 Å². The van der Waals surface area contributed by atoms with E-state index < -0.39 is 32.4 Å². The van der Waals surface area contributed by atoms with E-state index in [2.05, 4.69) is 15.0 Å². The maximum absolute atomic E-state index is 11.7. The first-order valence-corrected chi connectivity index (χ1v) is 10.8. The van der Waals surface area contributed by atoms with Gasteiger partial charge in [-0.1, -0.05) is 30.3 Å².